The molecule has 27 heavy (non-hydrogen) atoms. The van der Waals surface area contributed by atoms with Gasteiger partial charge in [0.15, 0.2) is 0 Å². The summed E-state index contributed by atoms with van der Waals surface area (Å²) in [6, 6.07) is 21.6. The Morgan fingerprint density at radius 2 is 1.48 bits per heavy atom. The molecule has 2 aromatic carbocycles. The van der Waals surface area contributed by atoms with Crippen molar-refractivity contribution in [1.29, 1.82) is 0 Å². The number of fused-ring (bicyclic) bond motifs is 1. The average molecular weight is 379 g/mol. The van der Waals surface area contributed by atoms with Gasteiger partial charge in [-0.3, -0.25) is 0 Å². The van der Waals surface area contributed by atoms with E-state index in [9.17, 15) is 4.79 Å². The van der Waals surface area contributed by atoms with Crippen LogP contribution in [-0.2, 0) is 9.22 Å². The van der Waals surface area contributed by atoms with Crippen molar-refractivity contribution in [2.24, 2.45) is 17.3 Å². The van der Waals surface area contributed by atoms with Gasteiger partial charge in [0.05, 0.1) is 0 Å². The lowest BCUT2D eigenvalue weighted by molar-refractivity contribution is -0.112. The van der Waals surface area contributed by atoms with E-state index < -0.39 is 8.32 Å². The normalized spacial score (nSPS) is 30.0. The van der Waals surface area contributed by atoms with Crippen LogP contribution in [-0.4, -0.2) is 20.7 Å². The summed E-state index contributed by atoms with van der Waals surface area (Å²) < 4.78 is 7.26. The van der Waals surface area contributed by atoms with Gasteiger partial charge in [-0.25, -0.2) is 0 Å². The van der Waals surface area contributed by atoms with Gasteiger partial charge < -0.3 is 9.22 Å². The maximum Gasteiger partial charge on any atom is 0.261 e. The fourth-order valence-electron chi connectivity index (χ4n) is 5.37. The van der Waals surface area contributed by atoms with E-state index in [0.717, 1.165) is 12.8 Å². The Bertz CT molecular complexity index is 772. The van der Waals surface area contributed by atoms with E-state index >= 15 is 0 Å². The molecule has 2 aromatic rings. The maximum absolute atomic E-state index is 11.7. The SMILES string of the molecule is C[C@@H]1[C@H](O[Si](c2ccccc2)(c2ccccc2)C(C)(C)C)C[C@@]2(C=O)C[C@@H]12. The molecule has 0 amide bonds. The molecule has 2 aliphatic rings. The highest BCUT2D eigenvalue weighted by Crippen LogP contribution is 2.65. The topological polar surface area (TPSA) is 26.3 Å². The lowest BCUT2D eigenvalue weighted by Gasteiger charge is -2.45. The smallest absolute Gasteiger partial charge is 0.261 e. The van der Waals surface area contributed by atoms with Gasteiger partial charge in [-0.1, -0.05) is 88.4 Å². The standard InChI is InChI=1S/C24H30O2Si/c1-18-21-15-24(21,17-25)16-22(18)26-27(23(2,3)4,19-11-7-5-8-12-19)20-13-9-6-10-14-20/h5-14,17-18,21-22H,15-16H2,1-4H3/t18-,21-,22+,24+/m0/s1. The summed E-state index contributed by atoms with van der Waals surface area (Å²) >= 11 is 0. The van der Waals surface area contributed by atoms with Crippen LogP contribution in [0, 0.1) is 17.3 Å². The number of hydrogen-bond donors (Lipinski definition) is 0. The molecule has 142 valence electrons. The Morgan fingerprint density at radius 1 is 0.963 bits per heavy atom. The fourth-order valence-corrected chi connectivity index (χ4v) is 10.1. The lowest BCUT2D eigenvalue weighted by Crippen LogP contribution is -2.68. The molecule has 2 saturated carbocycles. The zero-order valence-corrected chi connectivity index (χ0v) is 17.8. The summed E-state index contributed by atoms with van der Waals surface area (Å²) in [6.45, 7) is 9.23. The zero-order chi connectivity index (χ0) is 19.3. The molecule has 0 saturated heterocycles. The molecule has 0 aromatic heterocycles. The zero-order valence-electron chi connectivity index (χ0n) is 16.8. The monoisotopic (exact) mass is 378 g/mol. The summed E-state index contributed by atoms with van der Waals surface area (Å²) in [5, 5.41) is 2.62. The molecule has 0 heterocycles. The van der Waals surface area contributed by atoms with Crippen molar-refractivity contribution in [3.8, 4) is 0 Å². The van der Waals surface area contributed by atoms with Crippen LogP contribution in [0.25, 0.3) is 0 Å². The van der Waals surface area contributed by atoms with Crippen molar-refractivity contribution in [1.82, 2.24) is 0 Å². The molecule has 0 bridgehead atoms. The Hall–Kier alpha value is -1.71. The van der Waals surface area contributed by atoms with Crippen molar-refractivity contribution in [2.75, 3.05) is 0 Å². The number of aldehydes is 1. The number of rotatable bonds is 5. The first-order chi connectivity index (χ1) is 12.8. The number of carbonyl (C=O) groups excluding carboxylic acids is 1. The molecule has 2 fully saturated rings. The predicted octanol–water partition coefficient (Wildman–Crippen LogP) is 4.18. The van der Waals surface area contributed by atoms with Crippen molar-refractivity contribution in [3.05, 3.63) is 60.7 Å². The fraction of sp³-hybridized carbons (Fsp3) is 0.458. The second-order valence-electron chi connectivity index (χ2n) is 9.54. The van der Waals surface area contributed by atoms with E-state index in [1.807, 2.05) is 0 Å². The van der Waals surface area contributed by atoms with Crippen molar-refractivity contribution in [2.45, 2.75) is 51.7 Å². The van der Waals surface area contributed by atoms with Gasteiger partial charge in [0.1, 0.15) is 6.29 Å². The first-order valence-electron chi connectivity index (χ1n) is 10.1. The van der Waals surface area contributed by atoms with E-state index in [1.165, 1.54) is 16.7 Å². The Morgan fingerprint density at radius 3 is 1.89 bits per heavy atom. The Kier molecular flexibility index (Phi) is 4.43. The molecule has 4 rings (SSSR count). The van der Waals surface area contributed by atoms with Gasteiger partial charge in [0.25, 0.3) is 8.32 Å². The van der Waals surface area contributed by atoms with Crippen LogP contribution in [0.4, 0.5) is 0 Å². The number of carbonyl (C=O) groups is 1. The third-order valence-corrected chi connectivity index (χ3v) is 12.0. The molecular weight excluding hydrogens is 348 g/mol. The van der Waals surface area contributed by atoms with E-state index in [2.05, 4.69) is 88.4 Å². The Labute approximate surface area is 164 Å². The van der Waals surface area contributed by atoms with E-state index in [0.29, 0.717) is 11.8 Å². The highest BCUT2D eigenvalue weighted by molar-refractivity contribution is 6.99. The summed E-state index contributed by atoms with van der Waals surface area (Å²) in [5.41, 5.74) is -0.102. The first-order valence-corrected chi connectivity index (χ1v) is 12.0. The second kappa shape index (κ2) is 6.42. The van der Waals surface area contributed by atoms with Gasteiger partial charge in [-0.15, -0.1) is 0 Å². The maximum atomic E-state index is 11.7. The summed E-state index contributed by atoms with van der Waals surface area (Å²) in [4.78, 5) is 11.7. The van der Waals surface area contributed by atoms with Gasteiger partial charge in [0.2, 0.25) is 0 Å². The summed E-state index contributed by atoms with van der Waals surface area (Å²) in [7, 11) is -2.53. The van der Waals surface area contributed by atoms with Crippen LogP contribution >= 0.6 is 0 Å². The van der Waals surface area contributed by atoms with Gasteiger partial charge >= 0.3 is 0 Å². The van der Waals surface area contributed by atoms with Gasteiger partial charge in [-0.2, -0.15) is 0 Å². The molecule has 0 N–H and O–H groups in total. The minimum absolute atomic E-state index is 0.0173. The molecule has 2 aliphatic carbocycles. The highest BCUT2D eigenvalue weighted by atomic mass is 28.4. The van der Waals surface area contributed by atoms with Crippen molar-refractivity contribution < 1.29 is 9.22 Å². The quantitative estimate of drug-likeness (QED) is 0.576. The van der Waals surface area contributed by atoms with Crippen LogP contribution in [0.5, 0.6) is 0 Å². The van der Waals surface area contributed by atoms with Crippen molar-refractivity contribution >= 4 is 25.0 Å². The molecule has 4 atom stereocenters. The largest absolute Gasteiger partial charge is 0.404 e. The van der Waals surface area contributed by atoms with Crippen molar-refractivity contribution in [3.63, 3.8) is 0 Å². The number of benzene rings is 2. The third-order valence-electron chi connectivity index (χ3n) is 6.96. The molecule has 3 heteroatoms. The molecular formula is C24H30O2Si. The van der Waals surface area contributed by atoms with Gasteiger partial charge in [0, 0.05) is 11.5 Å². The molecule has 0 aliphatic heterocycles. The van der Waals surface area contributed by atoms with Gasteiger partial charge in [-0.05, 0) is 40.1 Å². The minimum Gasteiger partial charge on any atom is -0.404 e. The Balaban J connectivity index is 1.82. The molecule has 0 unspecified atom stereocenters. The van der Waals surface area contributed by atoms with Crippen LogP contribution < -0.4 is 10.4 Å². The van der Waals surface area contributed by atoms with Crippen LogP contribution in [0.1, 0.15) is 40.5 Å². The highest BCUT2D eigenvalue weighted by Gasteiger charge is 2.66. The van der Waals surface area contributed by atoms with Crippen LogP contribution in [0.15, 0.2) is 60.7 Å². The van der Waals surface area contributed by atoms with Crippen LogP contribution in [0.3, 0.4) is 0 Å². The molecule has 2 nitrogen and oxygen atoms in total. The summed E-state index contributed by atoms with van der Waals surface area (Å²) in [6.07, 6.45) is 3.30. The molecule has 0 spiro atoms. The second-order valence-corrected chi connectivity index (χ2v) is 13.8. The number of hydrogen-bond acceptors (Lipinski definition) is 2. The molecule has 0 radical (unpaired) electrons. The minimum atomic E-state index is -2.53. The lowest BCUT2D eigenvalue weighted by atomic mass is 10.0. The van der Waals surface area contributed by atoms with Crippen LogP contribution in [0.2, 0.25) is 5.04 Å². The van der Waals surface area contributed by atoms with E-state index in [-0.39, 0.29) is 16.6 Å². The average Bonchev–Trinajstić information content (AvgIpc) is 3.33. The van der Waals surface area contributed by atoms with E-state index in [4.69, 9.17) is 4.43 Å². The van der Waals surface area contributed by atoms with E-state index in [1.54, 1.807) is 0 Å². The summed E-state index contributed by atoms with van der Waals surface area (Å²) in [5.74, 6) is 0.954. The first kappa shape index (κ1) is 18.6. The predicted molar refractivity (Wildman–Crippen MR) is 113 cm³/mol. The third kappa shape index (κ3) is 2.83.